The Morgan fingerprint density at radius 3 is 2.57 bits per heavy atom. The van der Waals surface area contributed by atoms with E-state index < -0.39 is 6.10 Å². The van der Waals surface area contributed by atoms with Gasteiger partial charge >= 0.3 is 0 Å². The number of aliphatic hydroxyl groups excluding tert-OH is 1. The molecule has 0 saturated heterocycles. The SMILES string of the molecule is CC(C)CCOC(C)C(=O)NCCO. The molecule has 0 radical (unpaired) electrons. The summed E-state index contributed by atoms with van der Waals surface area (Å²) in [7, 11) is 0. The summed E-state index contributed by atoms with van der Waals surface area (Å²) in [6.45, 7) is 6.79. The highest BCUT2D eigenvalue weighted by Gasteiger charge is 2.11. The fourth-order valence-corrected chi connectivity index (χ4v) is 0.879. The van der Waals surface area contributed by atoms with E-state index in [4.69, 9.17) is 9.84 Å². The van der Waals surface area contributed by atoms with Crippen molar-refractivity contribution >= 4 is 5.91 Å². The van der Waals surface area contributed by atoms with Crippen molar-refractivity contribution in [2.45, 2.75) is 33.3 Å². The summed E-state index contributed by atoms with van der Waals surface area (Å²) in [4.78, 5) is 11.2. The number of amides is 1. The average molecular weight is 203 g/mol. The maximum absolute atomic E-state index is 11.2. The molecule has 2 N–H and O–H groups in total. The van der Waals surface area contributed by atoms with Gasteiger partial charge in [-0.1, -0.05) is 13.8 Å². The molecule has 84 valence electrons. The van der Waals surface area contributed by atoms with Crippen molar-refractivity contribution in [2.75, 3.05) is 19.8 Å². The molecule has 14 heavy (non-hydrogen) atoms. The summed E-state index contributed by atoms with van der Waals surface area (Å²) < 4.78 is 5.32. The minimum Gasteiger partial charge on any atom is -0.395 e. The molecule has 1 amide bonds. The molecule has 4 heteroatoms. The highest BCUT2D eigenvalue weighted by Crippen LogP contribution is 2.01. The largest absolute Gasteiger partial charge is 0.395 e. The molecule has 4 nitrogen and oxygen atoms in total. The van der Waals surface area contributed by atoms with Crippen LogP contribution in [-0.2, 0) is 9.53 Å². The van der Waals surface area contributed by atoms with Crippen LogP contribution in [0.2, 0.25) is 0 Å². The Morgan fingerprint density at radius 2 is 2.07 bits per heavy atom. The topological polar surface area (TPSA) is 58.6 Å². The van der Waals surface area contributed by atoms with Crippen LogP contribution in [0.1, 0.15) is 27.2 Å². The van der Waals surface area contributed by atoms with Gasteiger partial charge in [0.15, 0.2) is 0 Å². The predicted octanol–water partition coefficient (Wildman–Crippen LogP) is 0.546. The van der Waals surface area contributed by atoms with E-state index in [0.29, 0.717) is 12.5 Å². The van der Waals surface area contributed by atoms with Crippen LogP contribution in [0, 0.1) is 5.92 Å². The minimum absolute atomic E-state index is 0.0372. The molecule has 0 aliphatic carbocycles. The Balaban J connectivity index is 3.51. The smallest absolute Gasteiger partial charge is 0.248 e. The lowest BCUT2D eigenvalue weighted by molar-refractivity contribution is -0.132. The summed E-state index contributed by atoms with van der Waals surface area (Å²) in [6.07, 6.45) is 0.526. The molecule has 1 unspecified atom stereocenters. The first-order valence-corrected chi connectivity index (χ1v) is 5.08. The molecular formula is C10H21NO3. The quantitative estimate of drug-likeness (QED) is 0.635. The monoisotopic (exact) mass is 203 g/mol. The Hall–Kier alpha value is -0.610. The van der Waals surface area contributed by atoms with Gasteiger partial charge in [0.2, 0.25) is 5.91 Å². The second-order valence-electron chi connectivity index (χ2n) is 3.71. The lowest BCUT2D eigenvalue weighted by Crippen LogP contribution is -2.36. The molecule has 0 heterocycles. The predicted molar refractivity (Wildman–Crippen MR) is 55.0 cm³/mol. The first-order chi connectivity index (χ1) is 6.57. The molecule has 0 bridgehead atoms. The van der Waals surface area contributed by atoms with Crippen LogP contribution in [-0.4, -0.2) is 36.9 Å². The average Bonchev–Trinajstić information content (AvgIpc) is 2.13. The van der Waals surface area contributed by atoms with Crippen molar-refractivity contribution < 1.29 is 14.6 Å². The third-order valence-electron chi connectivity index (χ3n) is 1.84. The fourth-order valence-electron chi connectivity index (χ4n) is 0.879. The van der Waals surface area contributed by atoms with Gasteiger partial charge in [0.25, 0.3) is 0 Å². The van der Waals surface area contributed by atoms with Crippen LogP contribution in [0.4, 0.5) is 0 Å². The summed E-state index contributed by atoms with van der Waals surface area (Å²) in [6, 6.07) is 0. The van der Waals surface area contributed by atoms with Gasteiger partial charge in [0, 0.05) is 13.2 Å². The molecule has 0 aliphatic rings. The van der Waals surface area contributed by atoms with E-state index >= 15 is 0 Å². The van der Waals surface area contributed by atoms with Crippen molar-refractivity contribution in [1.29, 1.82) is 0 Å². The zero-order valence-corrected chi connectivity index (χ0v) is 9.25. The maximum Gasteiger partial charge on any atom is 0.248 e. The Kier molecular flexibility index (Phi) is 7.42. The molecule has 0 rings (SSSR count). The highest BCUT2D eigenvalue weighted by molar-refractivity contribution is 5.80. The van der Waals surface area contributed by atoms with Crippen molar-refractivity contribution in [3.8, 4) is 0 Å². The van der Waals surface area contributed by atoms with Gasteiger partial charge in [-0.05, 0) is 19.3 Å². The molecule has 0 spiro atoms. The number of nitrogens with one attached hydrogen (secondary N) is 1. The number of carbonyl (C=O) groups is 1. The summed E-state index contributed by atoms with van der Waals surface area (Å²) in [5.74, 6) is 0.422. The van der Waals surface area contributed by atoms with Crippen molar-refractivity contribution in [3.05, 3.63) is 0 Å². The van der Waals surface area contributed by atoms with E-state index in [9.17, 15) is 4.79 Å². The first kappa shape index (κ1) is 13.4. The summed E-state index contributed by atoms with van der Waals surface area (Å²) >= 11 is 0. The highest BCUT2D eigenvalue weighted by atomic mass is 16.5. The van der Waals surface area contributed by atoms with Gasteiger partial charge in [-0.3, -0.25) is 4.79 Å². The Labute approximate surface area is 85.6 Å². The standard InChI is InChI=1S/C10H21NO3/c1-8(2)4-7-14-9(3)10(13)11-5-6-12/h8-9,12H,4-7H2,1-3H3,(H,11,13). The van der Waals surface area contributed by atoms with Gasteiger partial charge in [-0.25, -0.2) is 0 Å². The van der Waals surface area contributed by atoms with E-state index in [1.54, 1.807) is 6.92 Å². The summed E-state index contributed by atoms with van der Waals surface area (Å²) in [5, 5.41) is 11.0. The van der Waals surface area contributed by atoms with Gasteiger partial charge < -0.3 is 15.2 Å². The molecule has 0 aromatic carbocycles. The van der Waals surface area contributed by atoms with E-state index in [0.717, 1.165) is 6.42 Å². The van der Waals surface area contributed by atoms with Crippen molar-refractivity contribution in [3.63, 3.8) is 0 Å². The van der Waals surface area contributed by atoms with Crippen LogP contribution in [0.3, 0.4) is 0 Å². The van der Waals surface area contributed by atoms with Crippen LogP contribution in [0.5, 0.6) is 0 Å². The normalized spacial score (nSPS) is 12.9. The maximum atomic E-state index is 11.2. The number of rotatable bonds is 7. The van der Waals surface area contributed by atoms with Crippen molar-refractivity contribution in [1.82, 2.24) is 5.32 Å². The van der Waals surface area contributed by atoms with Gasteiger partial charge in [-0.2, -0.15) is 0 Å². The van der Waals surface area contributed by atoms with Crippen LogP contribution >= 0.6 is 0 Å². The third kappa shape index (κ3) is 6.86. The number of hydrogen-bond donors (Lipinski definition) is 2. The molecule has 1 atom stereocenters. The summed E-state index contributed by atoms with van der Waals surface area (Å²) in [5.41, 5.74) is 0. The third-order valence-corrected chi connectivity index (χ3v) is 1.84. The number of hydrogen-bond acceptors (Lipinski definition) is 3. The molecule has 0 saturated carbocycles. The van der Waals surface area contributed by atoms with E-state index in [-0.39, 0.29) is 19.1 Å². The van der Waals surface area contributed by atoms with Gasteiger partial charge in [0.05, 0.1) is 6.61 Å². The van der Waals surface area contributed by atoms with Crippen LogP contribution < -0.4 is 5.32 Å². The minimum atomic E-state index is -0.430. The number of ether oxygens (including phenoxy) is 1. The lowest BCUT2D eigenvalue weighted by Gasteiger charge is -2.13. The van der Waals surface area contributed by atoms with Gasteiger partial charge in [-0.15, -0.1) is 0 Å². The van der Waals surface area contributed by atoms with Crippen LogP contribution in [0.25, 0.3) is 0 Å². The first-order valence-electron chi connectivity index (χ1n) is 5.08. The zero-order chi connectivity index (χ0) is 11.0. The fraction of sp³-hybridized carbons (Fsp3) is 0.900. The Bertz CT molecular complexity index is 159. The van der Waals surface area contributed by atoms with E-state index in [2.05, 4.69) is 19.2 Å². The zero-order valence-electron chi connectivity index (χ0n) is 9.25. The number of aliphatic hydroxyl groups is 1. The Morgan fingerprint density at radius 1 is 1.43 bits per heavy atom. The van der Waals surface area contributed by atoms with Crippen LogP contribution in [0.15, 0.2) is 0 Å². The van der Waals surface area contributed by atoms with E-state index in [1.807, 2.05) is 0 Å². The second kappa shape index (κ2) is 7.76. The molecular weight excluding hydrogens is 182 g/mol. The molecule has 0 aromatic rings. The second-order valence-corrected chi connectivity index (χ2v) is 3.71. The lowest BCUT2D eigenvalue weighted by atomic mass is 10.1. The number of carbonyl (C=O) groups excluding carboxylic acids is 1. The van der Waals surface area contributed by atoms with Crippen molar-refractivity contribution in [2.24, 2.45) is 5.92 Å². The van der Waals surface area contributed by atoms with E-state index in [1.165, 1.54) is 0 Å². The molecule has 0 fully saturated rings. The van der Waals surface area contributed by atoms with Gasteiger partial charge in [0.1, 0.15) is 6.10 Å². The molecule has 0 aromatic heterocycles. The molecule has 0 aliphatic heterocycles.